The van der Waals surface area contributed by atoms with E-state index in [-0.39, 0.29) is 17.5 Å². The van der Waals surface area contributed by atoms with Gasteiger partial charge in [0.05, 0.1) is 5.52 Å². The molecule has 0 amide bonds. The smallest absolute Gasteiger partial charge is 0.341 e. The molecule has 1 aliphatic carbocycles. The van der Waals surface area contributed by atoms with Crippen LogP contribution in [0.5, 0.6) is 5.88 Å². The van der Waals surface area contributed by atoms with Gasteiger partial charge in [0.2, 0.25) is 5.88 Å². The van der Waals surface area contributed by atoms with E-state index < -0.39 is 5.97 Å². The normalized spacial score (nSPS) is 16.6. The van der Waals surface area contributed by atoms with Gasteiger partial charge < -0.3 is 9.84 Å². The van der Waals surface area contributed by atoms with Crippen molar-refractivity contribution in [1.29, 1.82) is 0 Å². The first kappa shape index (κ1) is 13.9. The lowest BCUT2D eigenvalue weighted by Crippen LogP contribution is -2.18. The summed E-state index contributed by atoms with van der Waals surface area (Å²) < 4.78 is 5.94. The summed E-state index contributed by atoms with van der Waals surface area (Å²) in [4.78, 5) is 15.9. The fourth-order valence-electron chi connectivity index (χ4n) is 2.86. The highest BCUT2D eigenvalue weighted by Gasteiger charge is 2.20. The van der Waals surface area contributed by atoms with Gasteiger partial charge in [0, 0.05) is 5.39 Å². The van der Waals surface area contributed by atoms with Crippen LogP contribution in [0.4, 0.5) is 0 Å². The van der Waals surface area contributed by atoms with E-state index in [9.17, 15) is 9.90 Å². The monoisotopic (exact) mass is 285 g/mol. The summed E-state index contributed by atoms with van der Waals surface area (Å²) in [6.45, 7) is 0. The lowest BCUT2D eigenvalue weighted by atomic mass is 10.1. The van der Waals surface area contributed by atoms with Gasteiger partial charge in [0.25, 0.3) is 0 Å². The summed E-state index contributed by atoms with van der Waals surface area (Å²) in [7, 11) is 0. The van der Waals surface area contributed by atoms with Crippen LogP contribution in [0.15, 0.2) is 30.3 Å². The van der Waals surface area contributed by atoms with E-state index in [4.69, 9.17) is 4.74 Å². The zero-order valence-corrected chi connectivity index (χ0v) is 11.9. The van der Waals surface area contributed by atoms with Gasteiger partial charge in [0.15, 0.2) is 0 Å². The average Bonchev–Trinajstić information content (AvgIpc) is 2.75. The minimum absolute atomic E-state index is 0.0827. The number of carboxylic acid groups (broad SMARTS) is 1. The second-order valence-electron chi connectivity index (χ2n) is 5.57. The van der Waals surface area contributed by atoms with E-state index in [1.54, 1.807) is 6.07 Å². The molecular formula is C17H19NO3. The summed E-state index contributed by atoms with van der Waals surface area (Å²) in [5.41, 5.74) is 0.920. The second-order valence-corrected chi connectivity index (χ2v) is 5.57. The molecule has 1 N–H and O–H groups in total. The molecule has 0 aliphatic heterocycles. The number of benzene rings is 1. The maximum atomic E-state index is 11.5. The van der Waals surface area contributed by atoms with E-state index in [0.717, 1.165) is 36.6 Å². The molecule has 0 radical (unpaired) electrons. The second kappa shape index (κ2) is 6.12. The van der Waals surface area contributed by atoms with Crippen LogP contribution < -0.4 is 4.74 Å². The molecule has 1 fully saturated rings. The van der Waals surface area contributed by atoms with Crippen LogP contribution in [-0.2, 0) is 0 Å². The number of nitrogens with zero attached hydrogens (tertiary/aromatic N) is 1. The topological polar surface area (TPSA) is 59.4 Å². The van der Waals surface area contributed by atoms with Crippen molar-refractivity contribution in [2.24, 2.45) is 0 Å². The number of para-hydroxylation sites is 1. The molecule has 4 nitrogen and oxygen atoms in total. The van der Waals surface area contributed by atoms with Gasteiger partial charge in [-0.15, -0.1) is 0 Å². The Morgan fingerprint density at radius 2 is 1.86 bits per heavy atom. The van der Waals surface area contributed by atoms with E-state index in [1.807, 2.05) is 24.3 Å². The standard InChI is InChI=1S/C17H19NO3/c19-17(20)14-11-12-7-5-6-10-15(12)18-16(14)21-13-8-3-1-2-4-9-13/h5-7,10-11,13H,1-4,8-9H2,(H,19,20). The van der Waals surface area contributed by atoms with Crippen molar-refractivity contribution < 1.29 is 14.6 Å². The number of ether oxygens (including phenoxy) is 1. The number of hydrogen-bond acceptors (Lipinski definition) is 3. The summed E-state index contributed by atoms with van der Waals surface area (Å²) in [6.07, 6.45) is 6.79. The van der Waals surface area contributed by atoms with E-state index in [1.165, 1.54) is 12.8 Å². The van der Waals surface area contributed by atoms with E-state index in [2.05, 4.69) is 4.98 Å². The van der Waals surface area contributed by atoms with Gasteiger partial charge in [-0.25, -0.2) is 9.78 Å². The first-order chi connectivity index (χ1) is 10.2. The number of pyridine rings is 1. The summed E-state index contributed by atoms with van der Waals surface area (Å²) in [5, 5.41) is 10.2. The molecule has 1 aliphatic rings. The third-order valence-electron chi connectivity index (χ3n) is 4.00. The summed E-state index contributed by atoms with van der Waals surface area (Å²) in [6, 6.07) is 9.16. The number of aromatic carboxylic acids is 1. The Labute approximate surface area is 123 Å². The Bertz CT molecular complexity index is 646. The van der Waals surface area contributed by atoms with Crippen LogP contribution in [0, 0.1) is 0 Å². The van der Waals surface area contributed by atoms with Crippen molar-refractivity contribution in [2.75, 3.05) is 0 Å². The van der Waals surface area contributed by atoms with Crippen LogP contribution in [-0.4, -0.2) is 22.2 Å². The quantitative estimate of drug-likeness (QED) is 0.865. The van der Waals surface area contributed by atoms with Gasteiger partial charge in [-0.05, 0) is 37.8 Å². The molecule has 0 bridgehead atoms. The summed E-state index contributed by atoms with van der Waals surface area (Å²) >= 11 is 0. The minimum atomic E-state index is -0.989. The van der Waals surface area contributed by atoms with Gasteiger partial charge in [-0.2, -0.15) is 0 Å². The number of aromatic nitrogens is 1. The van der Waals surface area contributed by atoms with E-state index >= 15 is 0 Å². The van der Waals surface area contributed by atoms with Crippen LogP contribution in [0.1, 0.15) is 48.9 Å². The van der Waals surface area contributed by atoms with Crippen LogP contribution in [0.25, 0.3) is 10.9 Å². The Morgan fingerprint density at radius 3 is 2.57 bits per heavy atom. The SMILES string of the molecule is O=C(O)c1cc2ccccc2nc1OC1CCCCCC1. The van der Waals surface area contributed by atoms with Crippen molar-refractivity contribution in [3.05, 3.63) is 35.9 Å². The van der Waals surface area contributed by atoms with Gasteiger partial charge in [0.1, 0.15) is 11.7 Å². The van der Waals surface area contributed by atoms with Gasteiger partial charge in [-0.3, -0.25) is 0 Å². The highest BCUT2D eigenvalue weighted by Crippen LogP contribution is 2.27. The van der Waals surface area contributed by atoms with Crippen molar-refractivity contribution >= 4 is 16.9 Å². The number of carboxylic acids is 1. The maximum Gasteiger partial charge on any atom is 0.341 e. The molecule has 0 unspecified atom stereocenters. The fraction of sp³-hybridized carbons (Fsp3) is 0.412. The maximum absolute atomic E-state index is 11.5. The molecule has 2 aromatic rings. The van der Waals surface area contributed by atoms with E-state index in [0.29, 0.717) is 0 Å². The van der Waals surface area contributed by atoms with Gasteiger partial charge >= 0.3 is 5.97 Å². The van der Waals surface area contributed by atoms with Crippen molar-refractivity contribution in [1.82, 2.24) is 4.98 Å². The number of fused-ring (bicyclic) bond motifs is 1. The predicted molar refractivity (Wildman–Crippen MR) is 80.8 cm³/mol. The molecule has 110 valence electrons. The van der Waals surface area contributed by atoms with Crippen LogP contribution >= 0.6 is 0 Å². The third kappa shape index (κ3) is 3.15. The first-order valence-corrected chi connectivity index (χ1v) is 7.54. The third-order valence-corrected chi connectivity index (χ3v) is 4.00. The molecule has 1 saturated carbocycles. The molecule has 21 heavy (non-hydrogen) atoms. The minimum Gasteiger partial charge on any atom is -0.477 e. The largest absolute Gasteiger partial charge is 0.477 e. The van der Waals surface area contributed by atoms with Crippen LogP contribution in [0.2, 0.25) is 0 Å². The summed E-state index contributed by atoms with van der Waals surface area (Å²) in [5.74, 6) is -0.732. The number of carbonyl (C=O) groups is 1. The zero-order valence-electron chi connectivity index (χ0n) is 11.9. The van der Waals surface area contributed by atoms with Crippen molar-refractivity contribution in [2.45, 2.75) is 44.6 Å². The highest BCUT2D eigenvalue weighted by atomic mass is 16.5. The Morgan fingerprint density at radius 1 is 1.14 bits per heavy atom. The first-order valence-electron chi connectivity index (χ1n) is 7.54. The van der Waals surface area contributed by atoms with Crippen molar-refractivity contribution in [3.8, 4) is 5.88 Å². The predicted octanol–water partition coefficient (Wildman–Crippen LogP) is 4.03. The molecule has 0 atom stereocenters. The van der Waals surface area contributed by atoms with Crippen LogP contribution in [0.3, 0.4) is 0 Å². The fourth-order valence-corrected chi connectivity index (χ4v) is 2.86. The molecule has 4 heteroatoms. The number of hydrogen-bond donors (Lipinski definition) is 1. The molecule has 1 heterocycles. The average molecular weight is 285 g/mol. The Kier molecular flexibility index (Phi) is 4.04. The molecule has 1 aromatic carbocycles. The molecular weight excluding hydrogens is 266 g/mol. The molecule has 0 saturated heterocycles. The van der Waals surface area contributed by atoms with Crippen molar-refractivity contribution in [3.63, 3.8) is 0 Å². The zero-order chi connectivity index (χ0) is 14.7. The Hall–Kier alpha value is -2.10. The molecule has 3 rings (SSSR count). The molecule has 0 spiro atoms. The highest BCUT2D eigenvalue weighted by molar-refractivity contribution is 5.95. The van der Waals surface area contributed by atoms with Gasteiger partial charge in [-0.1, -0.05) is 31.0 Å². The lowest BCUT2D eigenvalue weighted by molar-refractivity contribution is 0.0686. The number of rotatable bonds is 3. The lowest BCUT2D eigenvalue weighted by Gasteiger charge is -2.17. The molecule has 1 aromatic heterocycles. The Balaban J connectivity index is 1.95.